The zero-order chi connectivity index (χ0) is 25.0. The van der Waals surface area contributed by atoms with Crippen LogP contribution in [0.4, 0.5) is 0 Å². The Bertz CT molecular complexity index is 867. The maximum atomic E-state index is 13.4. The molecule has 2 unspecified atom stereocenters. The summed E-state index contributed by atoms with van der Waals surface area (Å²) in [5.74, 6) is 0.427. The van der Waals surface area contributed by atoms with Crippen LogP contribution in [0.2, 0.25) is 0 Å². The zero-order valence-electron chi connectivity index (χ0n) is 21.2. The molecular weight excluding hydrogens is 442 g/mol. The Morgan fingerprint density at radius 1 is 1.06 bits per heavy atom. The van der Waals surface area contributed by atoms with Crippen LogP contribution in [0.1, 0.15) is 86.6 Å². The summed E-state index contributed by atoms with van der Waals surface area (Å²) in [5, 5.41) is 19.7. The van der Waals surface area contributed by atoms with E-state index in [4.69, 9.17) is 5.73 Å². The van der Waals surface area contributed by atoms with Crippen molar-refractivity contribution in [1.82, 2.24) is 9.80 Å². The lowest BCUT2D eigenvalue weighted by Gasteiger charge is -2.41. The van der Waals surface area contributed by atoms with Crippen molar-refractivity contribution in [1.29, 1.82) is 0 Å². The first kappa shape index (κ1) is 26.1. The molecule has 3 fully saturated rings. The first-order valence-corrected chi connectivity index (χ1v) is 13.5. The van der Waals surface area contributed by atoms with Crippen LogP contribution >= 0.6 is 0 Å². The summed E-state index contributed by atoms with van der Waals surface area (Å²) in [5.41, 5.74) is 6.14. The number of fused-ring (bicyclic) bond motifs is 2. The molecule has 35 heavy (non-hydrogen) atoms. The van der Waals surface area contributed by atoms with E-state index in [0.717, 1.165) is 51.6 Å². The summed E-state index contributed by atoms with van der Waals surface area (Å²) in [6, 6.07) is 8.73. The van der Waals surface area contributed by atoms with Gasteiger partial charge in [0.2, 0.25) is 11.8 Å². The van der Waals surface area contributed by atoms with Crippen LogP contribution < -0.4 is 5.73 Å². The Morgan fingerprint density at radius 2 is 1.71 bits per heavy atom. The lowest BCUT2D eigenvalue weighted by molar-refractivity contribution is -0.147. The highest BCUT2D eigenvalue weighted by atomic mass is 16.3. The monoisotopic (exact) mass is 485 g/mol. The van der Waals surface area contributed by atoms with Gasteiger partial charge in [0.25, 0.3) is 0 Å². The highest BCUT2D eigenvalue weighted by Crippen LogP contribution is 2.43. The van der Waals surface area contributed by atoms with E-state index in [2.05, 4.69) is 11.0 Å². The van der Waals surface area contributed by atoms with E-state index in [1.807, 2.05) is 17.0 Å². The molecule has 2 aliphatic heterocycles. The second-order valence-corrected chi connectivity index (χ2v) is 11.4. The number of carbonyl (C=O) groups excluding carboxylic acids is 2. The van der Waals surface area contributed by atoms with Gasteiger partial charge in [-0.1, -0.05) is 31.4 Å². The van der Waals surface area contributed by atoms with Crippen molar-refractivity contribution in [3.8, 4) is 0 Å². The Labute approximate surface area is 209 Å². The average molecular weight is 486 g/mol. The molecule has 2 saturated heterocycles. The summed E-state index contributed by atoms with van der Waals surface area (Å²) < 4.78 is 0. The third-order valence-electron chi connectivity index (χ3n) is 8.86. The van der Waals surface area contributed by atoms with Crippen LogP contribution in [0, 0.1) is 11.3 Å². The number of rotatable bonds is 10. The Kier molecular flexibility index (Phi) is 8.50. The van der Waals surface area contributed by atoms with Crippen LogP contribution in [-0.2, 0) is 4.79 Å². The zero-order valence-corrected chi connectivity index (χ0v) is 21.2. The minimum atomic E-state index is -1.13. The molecule has 194 valence electrons. The third-order valence-corrected chi connectivity index (χ3v) is 8.86. The number of nitrogens with zero attached hydrogens (tertiary/aromatic N) is 2. The van der Waals surface area contributed by atoms with Gasteiger partial charge in [-0.05, 0) is 75.0 Å². The van der Waals surface area contributed by atoms with E-state index in [-0.39, 0.29) is 25.0 Å². The molecule has 1 saturated carbocycles. The van der Waals surface area contributed by atoms with E-state index in [9.17, 15) is 19.8 Å². The van der Waals surface area contributed by atoms with Crippen LogP contribution in [-0.4, -0.2) is 76.8 Å². The maximum absolute atomic E-state index is 13.4. The largest absolute Gasteiger partial charge is 0.395 e. The summed E-state index contributed by atoms with van der Waals surface area (Å²) in [4.78, 5) is 29.6. The molecule has 0 radical (unpaired) electrons. The molecule has 4 rings (SSSR count). The minimum Gasteiger partial charge on any atom is -0.395 e. The second-order valence-electron chi connectivity index (χ2n) is 11.4. The Hall–Kier alpha value is -1.96. The number of aliphatic hydroxyl groups excluding tert-OH is 2. The SMILES string of the molecule is CC(CO)(CO)C(=O)N(CCN1C2CCC1CC(c1cccc(C(N)=O)c1)C2)CC1CCCCC1. The van der Waals surface area contributed by atoms with E-state index >= 15 is 0 Å². The van der Waals surface area contributed by atoms with Gasteiger partial charge in [-0.2, -0.15) is 0 Å². The fraction of sp³-hybridized carbons (Fsp3) is 0.714. The van der Waals surface area contributed by atoms with E-state index < -0.39 is 5.41 Å². The Balaban J connectivity index is 1.42. The number of hydrogen-bond acceptors (Lipinski definition) is 5. The standard InChI is InChI=1S/C28H43N3O4/c1-28(18-32,19-33)27(35)30(17-20-6-3-2-4-7-20)12-13-31-24-10-11-25(31)16-23(15-24)21-8-5-9-22(14-21)26(29)34/h5,8-9,14,20,23-25,32-33H,2-4,6-7,10-13,15-19H2,1H3,(H2,29,34). The van der Waals surface area contributed by atoms with Gasteiger partial charge in [0.15, 0.2) is 0 Å². The second kappa shape index (κ2) is 11.4. The van der Waals surface area contributed by atoms with Crippen LogP contribution in [0.15, 0.2) is 24.3 Å². The molecule has 7 heteroatoms. The maximum Gasteiger partial charge on any atom is 0.248 e. The molecule has 1 aromatic rings. The van der Waals surface area contributed by atoms with E-state index in [1.165, 1.54) is 24.8 Å². The first-order chi connectivity index (χ1) is 16.8. The fourth-order valence-corrected chi connectivity index (χ4v) is 6.62. The normalized spacial score (nSPS) is 25.5. The van der Waals surface area contributed by atoms with Crippen LogP contribution in [0.5, 0.6) is 0 Å². The Morgan fingerprint density at radius 3 is 2.31 bits per heavy atom. The van der Waals surface area contributed by atoms with Crippen molar-refractivity contribution in [2.75, 3.05) is 32.8 Å². The number of piperidine rings is 1. The molecule has 0 spiro atoms. The summed E-state index contributed by atoms with van der Waals surface area (Å²) >= 11 is 0. The summed E-state index contributed by atoms with van der Waals surface area (Å²) in [6.45, 7) is 3.17. The number of nitrogens with two attached hydrogens (primary N) is 1. The topological polar surface area (TPSA) is 107 Å². The molecule has 2 bridgehead atoms. The number of benzene rings is 1. The number of aliphatic hydroxyl groups is 2. The lowest BCUT2D eigenvalue weighted by Crippen LogP contribution is -2.52. The van der Waals surface area contributed by atoms with Crippen molar-refractivity contribution in [2.45, 2.75) is 82.7 Å². The predicted octanol–water partition coefficient (Wildman–Crippen LogP) is 2.90. The molecular formula is C28H43N3O4. The highest BCUT2D eigenvalue weighted by molar-refractivity contribution is 5.92. The highest BCUT2D eigenvalue weighted by Gasteiger charge is 2.42. The first-order valence-electron chi connectivity index (χ1n) is 13.5. The predicted molar refractivity (Wildman–Crippen MR) is 136 cm³/mol. The number of hydrogen-bond donors (Lipinski definition) is 3. The molecule has 0 aromatic heterocycles. The molecule has 4 N–H and O–H groups in total. The number of primary amides is 1. The van der Waals surface area contributed by atoms with Gasteiger partial charge in [0.1, 0.15) is 0 Å². The molecule has 2 amide bonds. The van der Waals surface area contributed by atoms with Crippen molar-refractivity contribution < 1.29 is 19.8 Å². The average Bonchev–Trinajstić information content (AvgIpc) is 3.12. The fourth-order valence-electron chi connectivity index (χ4n) is 6.62. The van der Waals surface area contributed by atoms with E-state index in [0.29, 0.717) is 36.0 Å². The van der Waals surface area contributed by atoms with E-state index in [1.54, 1.807) is 13.0 Å². The van der Waals surface area contributed by atoms with Crippen molar-refractivity contribution in [3.05, 3.63) is 35.4 Å². The molecule has 1 aliphatic carbocycles. The smallest absolute Gasteiger partial charge is 0.248 e. The quantitative estimate of drug-likeness (QED) is 0.472. The van der Waals surface area contributed by atoms with Gasteiger partial charge in [0.05, 0.1) is 18.6 Å². The van der Waals surface area contributed by atoms with Crippen molar-refractivity contribution >= 4 is 11.8 Å². The van der Waals surface area contributed by atoms with Gasteiger partial charge in [-0.25, -0.2) is 0 Å². The van der Waals surface area contributed by atoms with Gasteiger partial charge >= 0.3 is 0 Å². The summed E-state index contributed by atoms with van der Waals surface area (Å²) in [6.07, 6.45) is 10.5. The molecule has 1 aromatic carbocycles. The van der Waals surface area contributed by atoms with Crippen LogP contribution in [0.25, 0.3) is 0 Å². The van der Waals surface area contributed by atoms with Crippen molar-refractivity contribution in [2.24, 2.45) is 17.1 Å². The molecule has 2 atom stereocenters. The lowest BCUT2D eigenvalue weighted by atomic mass is 9.84. The molecule has 2 heterocycles. The number of carbonyl (C=O) groups is 2. The van der Waals surface area contributed by atoms with Gasteiger partial charge in [0, 0.05) is 37.3 Å². The molecule has 3 aliphatic rings. The molecule has 7 nitrogen and oxygen atoms in total. The van der Waals surface area contributed by atoms with Crippen LogP contribution in [0.3, 0.4) is 0 Å². The van der Waals surface area contributed by atoms with Gasteiger partial charge < -0.3 is 20.8 Å². The third kappa shape index (κ3) is 5.89. The van der Waals surface area contributed by atoms with Crippen molar-refractivity contribution in [3.63, 3.8) is 0 Å². The number of amides is 2. The van der Waals surface area contributed by atoms with Gasteiger partial charge in [-0.15, -0.1) is 0 Å². The minimum absolute atomic E-state index is 0.126. The summed E-state index contributed by atoms with van der Waals surface area (Å²) in [7, 11) is 0. The van der Waals surface area contributed by atoms with Gasteiger partial charge in [-0.3, -0.25) is 14.5 Å².